The van der Waals surface area contributed by atoms with Crippen molar-refractivity contribution in [2.75, 3.05) is 47.5 Å². The smallest absolute Gasteiger partial charge is 0.361 e. The molecule has 584 valence electrons. The third-order valence-corrected chi connectivity index (χ3v) is 19.7. The molecule has 9 nitrogen and oxygen atoms in total. The van der Waals surface area contributed by atoms with Crippen LogP contribution in [0, 0.1) is 0 Å². The number of hydrogen-bond acceptors (Lipinski definition) is 7. The molecule has 0 amide bonds. The van der Waals surface area contributed by atoms with Gasteiger partial charge in [-0.05, 0) is 64.2 Å². The van der Waals surface area contributed by atoms with E-state index >= 15 is 0 Å². The summed E-state index contributed by atoms with van der Waals surface area (Å²) in [6, 6.07) is 0. The van der Waals surface area contributed by atoms with Crippen LogP contribution in [0.4, 0.5) is 0 Å². The number of unbranched alkanes of at least 4 members (excludes halogenated alkanes) is 55. The van der Waals surface area contributed by atoms with Crippen LogP contribution in [0.1, 0.15) is 431 Å². The molecule has 0 rings (SSSR count). The summed E-state index contributed by atoms with van der Waals surface area (Å²) in [5.74, 6) is -1.97. The number of carboxylic acid groups (broad SMARTS) is 1. The predicted octanol–water partition coefficient (Wildman–Crippen LogP) is 28.3. The van der Waals surface area contributed by atoms with Gasteiger partial charge in [-0.15, -0.1) is 0 Å². The quantitative estimate of drug-likeness (QED) is 0.0211. The van der Waals surface area contributed by atoms with E-state index in [1.807, 2.05) is 21.1 Å². The van der Waals surface area contributed by atoms with Crippen LogP contribution in [0.3, 0.4) is 0 Å². The fourth-order valence-electron chi connectivity index (χ4n) is 13.1. The van der Waals surface area contributed by atoms with Crippen molar-refractivity contribution in [1.82, 2.24) is 0 Å². The van der Waals surface area contributed by atoms with E-state index in [-0.39, 0.29) is 38.2 Å². The van der Waals surface area contributed by atoms with Gasteiger partial charge in [0.25, 0.3) is 6.29 Å². The molecule has 2 unspecified atom stereocenters. The first-order valence-corrected chi connectivity index (χ1v) is 43.6. The highest BCUT2D eigenvalue weighted by Gasteiger charge is 2.25. The molecule has 9 heteroatoms. The number of aliphatic carboxylic acids is 1. The second-order valence-electron chi connectivity index (χ2n) is 30.8. The number of allylic oxidation sites excluding steroid dienone is 12. The topological polar surface area (TPSA) is 108 Å². The first-order chi connectivity index (χ1) is 49.1. The maximum Gasteiger partial charge on any atom is 0.361 e. The van der Waals surface area contributed by atoms with Crippen LogP contribution in [0.25, 0.3) is 0 Å². The minimum Gasteiger partial charge on any atom is -0.477 e. The Morgan fingerprint density at radius 1 is 0.310 bits per heavy atom. The summed E-state index contributed by atoms with van der Waals surface area (Å²) in [6.07, 6.45) is 108. The molecule has 0 spiro atoms. The summed E-state index contributed by atoms with van der Waals surface area (Å²) in [7, 11) is 6.00. The molecule has 0 aliphatic carbocycles. The molecule has 1 N–H and O–H groups in total. The van der Waals surface area contributed by atoms with Crippen molar-refractivity contribution in [2.45, 2.75) is 444 Å². The van der Waals surface area contributed by atoms with E-state index in [0.717, 1.165) is 77.0 Å². The summed E-state index contributed by atoms with van der Waals surface area (Å²) < 4.78 is 23.1. The molecule has 100 heavy (non-hydrogen) atoms. The predicted molar refractivity (Wildman–Crippen MR) is 433 cm³/mol. The molecular formula is C91H168NO8+. The third-order valence-electron chi connectivity index (χ3n) is 19.7. The minimum atomic E-state index is -1.51. The van der Waals surface area contributed by atoms with Crippen molar-refractivity contribution in [1.29, 1.82) is 0 Å². The van der Waals surface area contributed by atoms with Crippen molar-refractivity contribution in [3.63, 3.8) is 0 Å². The molecule has 0 fully saturated rings. The normalized spacial score (nSPS) is 12.9. The second kappa shape index (κ2) is 81.4. The maximum atomic E-state index is 13.0. The summed E-state index contributed by atoms with van der Waals surface area (Å²) in [4.78, 5) is 37.8. The molecule has 0 saturated carbocycles. The van der Waals surface area contributed by atoms with E-state index in [1.54, 1.807) is 0 Å². The molecule has 0 radical (unpaired) electrons. The number of ether oxygens (including phenoxy) is 4. The first-order valence-electron chi connectivity index (χ1n) is 43.6. The van der Waals surface area contributed by atoms with Crippen LogP contribution in [-0.2, 0) is 33.3 Å². The zero-order chi connectivity index (χ0) is 72.5. The number of nitrogens with zero attached hydrogens (tertiary/aromatic N) is 1. The Labute approximate surface area is 621 Å². The minimum absolute atomic E-state index is 0.177. The van der Waals surface area contributed by atoms with Crippen molar-refractivity contribution >= 4 is 17.9 Å². The summed E-state index contributed by atoms with van der Waals surface area (Å²) >= 11 is 0. The highest BCUT2D eigenvalue weighted by atomic mass is 16.7. The monoisotopic (exact) mass is 1400 g/mol. The van der Waals surface area contributed by atoms with Crippen molar-refractivity contribution in [3.05, 3.63) is 72.9 Å². The van der Waals surface area contributed by atoms with E-state index in [4.69, 9.17) is 18.9 Å². The van der Waals surface area contributed by atoms with Gasteiger partial charge in [-0.1, -0.05) is 427 Å². The summed E-state index contributed by atoms with van der Waals surface area (Å²) in [5.41, 5.74) is 0. The number of quaternary nitrogens is 1. The maximum absolute atomic E-state index is 13.0. The molecular weight excluding hydrogens is 1230 g/mol. The molecule has 0 bridgehead atoms. The fraction of sp³-hybridized carbons (Fsp3) is 0.835. The van der Waals surface area contributed by atoms with Gasteiger partial charge >= 0.3 is 17.9 Å². The summed E-state index contributed by atoms with van der Waals surface area (Å²) in [5, 5.41) is 9.79. The van der Waals surface area contributed by atoms with Crippen LogP contribution in [0.5, 0.6) is 0 Å². The highest BCUT2D eigenvalue weighted by molar-refractivity contribution is 5.71. The van der Waals surface area contributed by atoms with Gasteiger partial charge in [0, 0.05) is 12.8 Å². The van der Waals surface area contributed by atoms with E-state index in [1.165, 1.54) is 327 Å². The average molecular weight is 1400 g/mol. The van der Waals surface area contributed by atoms with E-state index < -0.39 is 18.4 Å². The Hall–Kier alpha value is -3.27. The van der Waals surface area contributed by atoms with Crippen molar-refractivity contribution < 1.29 is 42.9 Å². The lowest BCUT2D eigenvalue weighted by Crippen LogP contribution is -2.40. The van der Waals surface area contributed by atoms with Gasteiger partial charge in [-0.25, -0.2) is 4.79 Å². The Bertz CT molecular complexity index is 1880. The molecule has 0 aliphatic heterocycles. The lowest BCUT2D eigenvalue weighted by atomic mass is 10.0. The number of carbonyl (C=O) groups excluding carboxylic acids is 2. The fourth-order valence-corrected chi connectivity index (χ4v) is 13.1. The number of hydrogen-bond donors (Lipinski definition) is 1. The number of carbonyl (C=O) groups is 3. The van der Waals surface area contributed by atoms with E-state index in [9.17, 15) is 19.5 Å². The van der Waals surface area contributed by atoms with Crippen LogP contribution in [0.2, 0.25) is 0 Å². The van der Waals surface area contributed by atoms with Gasteiger partial charge in [0.05, 0.1) is 34.4 Å². The largest absolute Gasteiger partial charge is 0.477 e. The Kier molecular flexibility index (Phi) is 78.7. The van der Waals surface area contributed by atoms with Crippen LogP contribution in [0.15, 0.2) is 72.9 Å². The summed E-state index contributed by atoms with van der Waals surface area (Å²) in [6.45, 7) is 4.84. The number of rotatable bonds is 82. The van der Waals surface area contributed by atoms with Gasteiger partial charge in [0.15, 0.2) is 6.10 Å². The van der Waals surface area contributed by atoms with E-state index in [2.05, 4.69) is 86.8 Å². The number of carboxylic acids is 1. The molecule has 0 heterocycles. The lowest BCUT2D eigenvalue weighted by Gasteiger charge is -2.25. The zero-order valence-corrected chi connectivity index (χ0v) is 67.1. The molecule has 0 aromatic rings. The highest BCUT2D eigenvalue weighted by Crippen LogP contribution is 2.21. The van der Waals surface area contributed by atoms with E-state index in [0.29, 0.717) is 17.4 Å². The molecule has 0 aromatic heterocycles. The third kappa shape index (κ3) is 82.0. The lowest BCUT2D eigenvalue weighted by molar-refractivity contribution is -0.870. The number of likely N-dealkylation sites (N-methyl/N-ethyl adjacent to an activating group) is 1. The second-order valence-corrected chi connectivity index (χ2v) is 30.8. The Morgan fingerprint density at radius 3 is 0.850 bits per heavy atom. The van der Waals surface area contributed by atoms with Gasteiger partial charge in [0.1, 0.15) is 13.2 Å². The van der Waals surface area contributed by atoms with Gasteiger partial charge in [-0.3, -0.25) is 9.59 Å². The van der Waals surface area contributed by atoms with Crippen LogP contribution in [-0.4, -0.2) is 87.4 Å². The zero-order valence-electron chi connectivity index (χ0n) is 67.1. The van der Waals surface area contributed by atoms with Crippen LogP contribution >= 0.6 is 0 Å². The van der Waals surface area contributed by atoms with Crippen molar-refractivity contribution in [2.24, 2.45) is 0 Å². The van der Waals surface area contributed by atoms with Crippen LogP contribution < -0.4 is 0 Å². The number of esters is 2. The molecule has 0 saturated heterocycles. The first kappa shape index (κ1) is 96.7. The Balaban J connectivity index is 3.93. The van der Waals surface area contributed by atoms with Gasteiger partial charge < -0.3 is 28.5 Å². The SMILES string of the molecule is CC/C=C\C/C=C\C/C=C\C/C=C\C/C=C\C/C=C\CCCCCCCCCCCCCCCCCCCCCCC(=O)OC(COC(=O)CCCCCCCCCCCCCCCCCCCCCCCCCCCCCCCCCCCCCC)COC(OCC[N+](C)(C)C)C(=O)O. The van der Waals surface area contributed by atoms with Gasteiger partial charge in [-0.2, -0.15) is 0 Å². The van der Waals surface area contributed by atoms with Crippen molar-refractivity contribution in [3.8, 4) is 0 Å². The molecule has 0 aliphatic rings. The van der Waals surface area contributed by atoms with Gasteiger partial charge in [0.2, 0.25) is 0 Å². The standard InChI is InChI=1S/C91H167NO8/c1-6-8-10-12-14-16-18-20-22-24-26-28-30-32-34-36-38-40-42-44-45-46-48-50-52-54-56-58-60-62-64-66-68-70-72-74-76-78-80-82-89(94)100-87(86-99-91(90(95)96)97-84-83-92(3,4)5)85-98-88(93)81-79-77-75-73-71-69-67-65-63-61-59-57-55-53-51-49-47-43-41-39-37-35-33-31-29-27-25-23-21-19-17-15-13-11-9-7-2/h8,10,14,16,20,22,26,28,32,34,38,40,87,91H,6-7,9,11-13,15,17-19,21,23-25,27,29-31,33,35-37,39,41-86H2,1-5H3/p+1/b10-8-,16-14-,22-20-,28-26-,34-32-,40-38-. The Morgan fingerprint density at radius 2 is 0.570 bits per heavy atom. The molecule has 0 aromatic carbocycles. The average Bonchev–Trinajstić information content (AvgIpc) is 1.08. The molecule has 2 atom stereocenters.